The maximum Gasteiger partial charge on any atom is 0.335 e. The van der Waals surface area contributed by atoms with Crippen LogP contribution in [0.5, 0.6) is 0 Å². The molecule has 3 aromatic rings. The third-order valence-corrected chi connectivity index (χ3v) is 8.91. The number of carboxylic acids is 1. The van der Waals surface area contributed by atoms with Gasteiger partial charge in [0.25, 0.3) is 0 Å². The van der Waals surface area contributed by atoms with Gasteiger partial charge >= 0.3 is 5.97 Å². The van der Waals surface area contributed by atoms with Gasteiger partial charge in [-0.15, -0.1) is 0 Å². The molecule has 0 bridgehead atoms. The van der Waals surface area contributed by atoms with Crippen LogP contribution >= 0.6 is 10.3 Å². The summed E-state index contributed by atoms with van der Waals surface area (Å²) < 4.78 is 6.63. The van der Waals surface area contributed by atoms with E-state index in [-0.39, 0.29) is 10.3 Å². The van der Waals surface area contributed by atoms with Gasteiger partial charge in [-0.25, -0.2) is 4.79 Å². The smallest absolute Gasteiger partial charge is 0.335 e. The standard InChI is InChI=1S/C26H28O3S/c1-26(2,3)30(23-12-6-4-7-13-23,24-14-8-5-9-15-24)29-20-10-11-21-16-18-22(19-17-21)25(27)28/h4-19H,20H2,1-3H3,(H,27,28)/b11-10+. The third-order valence-electron chi connectivity index (χ3n) is 4.82. The van der Waals surface area contributed by atoms with Crippen molar-refractivity contribution in [2.45, 2.75) is 35.3 Å². The topological polar surface area (TPSA) is 46.5 Å². The van der Waals surface area contributed by atoms with Gasteiger partial charge in [-0.1, -0.05) is 71.0 Å². The van der Waals surface area contributed by atoms with Gasteiger partial charge in [-0.2, -0.15) is 0 Å². The van der Waals surface area contributed by atoms with E-state index in [0.29, 0.717) is 6.61 Å². The first-order chi connectivity index (χ1) is 14.3. The molecule has 0 heterocycles. The zero-order chi connectivity index (χ0) is 21.6. The maximum absolute atomic E-state index is 11.0. The Kier molecular flexibility index (Phi) is 6.80. The fraction of sp³-hybridized carbons (Fsp3) is 0.192. The molecule has 0 spiro atoms. The first-order valence-corrected chi connectivity index (χ1v) is 11.5. The predicted octanol–water partition coefficient (Wildman–Crippen LogP) is 7.05. The first-order valence-electron chi connectivity index (χ1n) is 9.92. The number of carboxylic acid groups (broad SMARTS) is 1. The van der Waals surface area contributed by atoms with Crippen LogP contribution in [-0.4, -0.2) is 22.4 Å². The number of rotatable bonds is 7. The Hall–Kier alpha value is -2.82. The number of hydrogen-bond acceptors (Lipinski definition) is 2. The van der Waals surface area contributed by atoms with Crippen LogP contribution in [0.15, 0.2) is 101 Å². The fourth-order valence-corrected chi connectivity index (χ4v) is 7.12. The van der Waals surface area contributed by atoms with Gasteiger partial charge < -0.3 is 9.29 Å². The summed E-state index contributed by atoms with van der Waals surface area (Å²) in [6, 6.07) is 27.8. The van der Waals surface area contributed by atoms with E-state index < -0.39 is 16.3 Å². The Morgan fingerprint density at radius 1 is 0.867 bits per heavy atom. The molecule has 0 saturated carbocycles. The van der Waals surface area contributed by atoms with Gasteiger partial charge in [-0.05, 0) is 62.7 Å². The maximum atomic E-state index is 11.0. The molecular formula is C26H28O3S. The predicted molar refractivity (Wildman–Crippen MR) is 125 cm³/mol. The number of hydrogen-bond donors (Lipinski definition) is 1. The highest BCUT2D eigenvalue weighted by Crippen LogP contribution is 2.71. The van der Waals surface area contributed by atoms with Crippen LogP contribution in [0.4, 0.5) is 0 Å². The van der Waals surface area contributed by atoms with Gasteiger partial charge in [0.2, 0.25) is 0 Å². The summed E-state index contributed by atoms with van der Waals surface area (Å²) in [7, 11) is -1.77. The van der Waals surface area contributed by atoms with Crippen molar-refractivity contribution in [3.8, 4) is 0 Å². The van der Waals surface area contributed by atoms with E-state index in [0.717, 1.165) is 5.56 Å². The van der Waals surface area contributed by atoms with E-state index >= 15 is 0 Å². The summed E-state index contributed by atoms with van der Waals surface area (Å²) in [6.07, 6.45) is 3.96. The van der Waals surface area contributed by atoms with Crippen molar-refractivity contribution in [2.24, 2.45) is 0 Å². The largest absolute Gasteiger partial charge is 0.478 e. The molecule has 4 heteroatoms. The Labute approximate surface area is 180 Å². The molecule has 156 valence electrons. The van der Waals surface area contributed by atoms with Crippen LogP contribution in [0.2, 0.25) is 0 Å². The van der Waals surface area contributed by atoms with E-state index in [1.54, 1.807) is 24.3 Å². The minimum Gasteiger partial charge on any atom is -0.478 e. The van der Waals surface area contributed by atoms with Gasteiger partial charge in [-0.3, -0.25) is 0 Å². The van der Waals surface area contributed by atoms with Crippen LogP contribution in [0.25, 0.3) is 6.08 Å². The average Bonchev–Trinajstić information content (AvgIpc) is 2.74. The first kappa shape index (κ1) is 21.9. The van der Waals surface area contributed by atoms with E-state index in [9.17, 15) is 4.79 Å². The zero-order valence-electron chi connectivity index (χ0n) is 17.6. The SMILES string of the molecule is CC(C)(C)S(OC/C=C/c1ccc(C(=O)O)cc1)(c1ccccc1)c1ccccc1. The lowest BCUT2D eigenvalue weighted by Crippen LogP contribution is -2.28. The number of aromatic carboxylic acids is 1. The van der Waals surface area contributed by atoms with E-state index in [1.165, 1.54) is 9.79 Å². The van der Waals surface area contributed by atoms with Crippen molar-refractivity contribution in [2.75, 3.05) is 6.61 Å². The molecule has 0 amide bonds. The molecule has 0 unspecified atom stereocenters. The zero-order valence-corrected chi connectivity index (χ0v) is 18.4. The van der Waals surface area contributed by atoms with Crippen LogP contribution in [0.1, 0.15) is 36.7 Å². The van der Waals surface area contributed by atoms with Crippen molar-refractivity contribution in [3.63, 3.8) is 0 Å². The van der Waals surface area contributed by atoms with E-state index in [2.05, 4.69) is 69.3 Å². The van der Waals surface area contributed by atoms with Crippen LogP contribution in [0, 0.1) is 0 Å². The van der Waals surface area contributed by atoms with Crippen molar-refractivity contribution in [1.82, 2.24) is 0 Å². The normalized spacial score (nSPS) is 12.8. The molecule has 0 aromatic heterocycles. The Morgan fingerprint density at radius 3 is 1.80 bits per heavy atom. The quantitative estimate of drug-likeness (QED) is 0.445. The summed E-state index contributed by atoms with van der Waals surface area (Å²) in [6.45, 7) is 7.15. The lowest BCUT2D eigenvalue weighted by atomic mass is 10.1. The van der Waals surface area contributed by atoms with Crippen molar-refractivity contribution in [3.05, 3.63) is 102 Å². The second kappa shape index (κ2) is 9.33. The Bertz CT molecular complexity index is 948. The van der Waals surface area contributed by atoms with Crippen molar-refractivity contribution in [1.29, 1.82) is 0 Å². The molecular weight excluding hydrogens is 392 g/mol. The van der Waals surface area contributed by atoms with E-state index in [1.807, 2.05) is 24.3 Å². The van der Waals surface area contributed by atoms with Gasteiger partial charge in [0, 0.05) is 14.5 Å². The van der Waals surface area contributed by atoms with Crippen LogP contribution < -0.4 is 0 Å². The molecule has 3 nitrogen and oxygen atoms in total. The van der Waals surface area contributed by atoms with Crippen molar-refractivity contribution >= 4 is 22.4 Å². The van der Waals surface area contributed by atoms with Crippen LogP contribution in [0.3, 0.4) is 0 Å². The lowest BCUT2D eigenvalue weighted by Gasteiger charge is -2.50. The molecule has 0 aliphatic rings. The molecule has 30 heavy (non-hydrogen) atoms. The molecule has 3 rings (SSSR count). The molecule has 0 aliphatic carbocycles. The monoisotopic (exact) mass is 420 g/mol. The second-order valence-electron chi connectivity index (χ2n) is 7.91. The second-order valence-corrected chi connectivity index (χ2v) is 11.4. The molecule has 0 radical (unpaired) electrons. The minimum atomic E-state index is -1.77. The molecule has 1 N–H and O–H groups in total. The highest BCUT2D eigenvalue weighted by Gasteiger charge is 2.41. The summed E-state index contributed by atoms with van der Waals surface area (Å²) >= 11 is 0. The third kappa shape index (κ3) is 4.66. The van der Waals surface area contributed by atoms with Gasteiger partial charge in [0.1, 0.15) is 0 Å². The lowest BCUT2D eigenvalue weighted by molar-refractivity contribution is 0.0697. The number of benzene rings is 3. The van der Waals surface area contributed by atoms with Crippen LogP contribution in [-0.2, 0) is 4.18 Å². The summed E-state index contributed by atoms with van der Waals surface area (Å²) in [4.78, 5) is 13.4. The summed E-state index contributed by atoms with van der Waals surface area (Å²) in [5.74, 6) is -0.918. The van der Waals surface area contributed by atoms with Crippen molar-refractivity contribution < 1.29 is 14.1 Å². The Balaban J connectivity index is 1.91. The molecule has 0 fully saturated rings. The molecule has 0 aliphatic heterocycles. The van der Waals surface area contributed by atoms with Gasteiger partial charge in [0.15, 0.2) is 0 Å². The molecule has 0 atom stereocenters. The molecule has 0 saturated heterocycles. The summed E-state index contributed by atoms with van der Waals surface area (Å²) in [5.41, 5.74) is 1.23. The number of carbonyl (C=O) groups is 1. The fourth-order valence-electron chi connectivity index (χ4n) is 3.44. The van der Waals surface area contributed by atoms with Gasteiger partial charge in [0.05, 0.1) is 12.2 Å². The van der Waals surface area contributed by atoms with E-state index in [4.69, 9.17) is 9.29 Å². The average molecular weight is 421 g/mol. The highest BCUT2D eigenvalue weighted by atomic mass is 32.3. The summed E-state index contributed by atoms with van der Waals surface area (Å²) in [5, 5.41) is 9.04. The molecule has 3 aromatic carbocycles. The highest BCUT2D eigenvalue weighted by molar-refractivity contribution is 8.31. The Morgan fingerprint density at radius 2 is 1.37 bits per heavy atom. The minimum absolute atomic E-state index is 0.118.